The van der Waals surface area contributed by atoms with Crippen molar-refractivity contribution in [2.75, 3.05) is 18.0 Å². The Morgan fingerprint density at radius 3 is 2.16 bits per heavy atom. The molecule has 3 heterocycles. The standard InChI is InChI=1S/C22H35BN4O5/c1-20(2,3)30-19(29)26-17(28)12-15-8-10-27(11-9-15)18-24-13-16(14-25-18)23-31-21(4,5)22(6,7)32-23/h13-15H,8-12H2,1-7H3,(H,26,28,29). The first kappa shape index (κ1) is 24.4. The number of hydrogen-bond acceptors (Lipinski definition) is 8. The van der Waals surface area contributed by atoms with Crippen LogP contribution < -0.4 is 15.7 Å². The van der Waals surface area contributed by atoms with E-state index in [-0.39, 0.29) is 11.8 Å². The lowest BCUT2D eigenvalue weighted by Gasteiger charge is -2.32. The predicted octanol–water partition coefficient (Wildman–Crippen LogP) is 2.43. The van der Waals surface area contributed by atoms with Gasteiger partial charge in [0.25, 0.3) is 0 Å². The number of alkyl carbamates (subject to hydrolysis) is 1. The molecule has 1 aromatic rings. The summed E-state index contributed by atoms with van der Waals surface area (Å²) in [5, 5.41) is 2.31. The highest BCUT2D eigenvalue weighted by Gasteiger charge is 2.52. The van der Waals surface area contributed by atoms with Gasteiger partial charge < -0.3 is 18.9 Å². The minimum Gasteiger partial charge on any atom is -0.444 e. The third-order valence-electron chi connectivity index (χ3n) is 6.20. The Bertz CT molecular complexity index is 814. The maximum atomic E-state index is 12.1. The summed E-state index contributed by atoms with van der Waals surface area (Å²) in [6.07, 6.45) is 4.76. The van der Waals surface area contributed by atoms with Gasteiger partial charge in [0.2, 0.25) is 11.9 Å². The summed E-state index contributed by atoms with van der Waals surface area (Å²) < 4.78 is 17.2. The minimum atomic E-state index is -0.699. The van der Waals surface area contributed by atoms with E-state index < -0.39 is 30.0 Å². The van der Waals surface area contributed by atoms with Crippen molar-refractivity contribution in [2.45, 2.75) is 84.5 Å². The number of amides is 2. The van der Waals surface area contributed by atoms with Gasteiger partial charge in [-0.3, -0.25) is 10.1 Å². The van der Waals surface area contributed by atoms with Crippen molar-refractivity contribution in [3.63, 3.8) is 0 Å². The quantitative estimate of drug-likeness (QED) is 0.704. The summed E-state index contributed by atoms with van der Waals surface area (Å²) in [7, 11) is -0.483. The Labute approximate surface area is 190 Å². The highest BCUT2D eigenvalue weighted by atomic mass is 16.7. The van der Waals surface area contributed by atoms with Crippen LogP contribution in [0, 0.1) is 5.92 Å². The molecule has 3 rings (SSSR count). The molecule has 0 bridgehead atoms. The van der Waals surface area contributed by atoms with Crippen molar-refractivity contribution < 1.29 is 23.6 Å². The molecule has 0 radical (unpaired) electrons. The molecule has 2 saturated heterocycles. The third-order valence-corrected chi connectivity index (χ3v) is 6.20. The molecular formula is C22H35BN4O5. The zero-order valence-electron chi connectivity index (χ0n) is 20.2. The average Bonchev–Trinajstić information content (AvgIpc) is 2.88. The molecule has 0 saturated carbocycles. The molecule has 0 atom stereocenters. The summed E-state index contributed by atoms with van der Waals surface area (Å²) >= 11 is 0. The fourth-order valence-corrected chi connectivity index (χ4v) is 3.66. The second-order valence-electron chi connectivity index (χ2n) is 10.6. The van der Waals surface area contributed by atoms with Crippen molar-refractivity contribution in [2.24, 2.45) is 5.92 Å². The van der Waals surface area contributed by atoms with Crippen molar-refractivity contribution in [3.8, 4) is 0 Å². The van der Waals surface area contributed by atoms with Crippen LogP contribution >= 0.6 is 0 Å². The van der Waals surface area contributed by atoms with Crippen LogP contribution in [0.15, 0.2) is 12.4 Å². The lowest BCUT2D eigenvalue weighted by atomic mass is 9.81. The molecule has 10 heteroatoms. The van der Waals surface area contributed by atoms with Crippen LogP contribution in [0.3, 0.4) is 0 Å². The van der Waals surface area contributed by atoms with Crippen molar-refractivity contribution in [3.05, 3.63) is 12.4 Å². The summed E-state index contributed by atoms with van der Waals surface area (Å²) in [6, 6.07) is 0. The van der Waals surface area contributed by atoms with Crippen LogP contribution in [0.1, 0.15) is 67.7 Å². The summed E-state index contributed by atoms with van der Waals surface area (Å²) in [5.74, 6) is 0.556. The van der Waals surface area contributed by atoms with E-state index in [2.05, 4.69) is 20.2 Å². The van der Waals surface area contributed by atoms with Crippen LogP contribution in [0.5, 0.6) is 0 Å². The lowest BCUT2D eigenvalue weighted by molar-refractivity contribution is -0.121. The molecule has 9 nitrogen and oxygen atoms in total. The van der Waals surface area contributed by atoms with Gasteiger partial charge in [0.05, 0.1) is 11.2 Å². The van der Waals surface area contributed by atoms with E-state index in [0.29, 0.717) is 12.4 Å². The maximum Gasteiger partial charge on any atom is 0.498 e. The van der Waals surface area contributed by atoms with Crippen LogP contribution in [0.25, 0.3) is 0 Å². The Morgan fingerprint density at radius 1 is 1.12 bits per heavy atom. The average molecular weight is 446 g/mol. The molecule has 2 fully saturated rings. The predicted molar refractivity (Wildman–Crippen MR) is 122 cm³/mol. The Hall–Kier alpha value is -2.20. The van der Waals surface area contributed by atoms with Gasteiger partial charge in [0.15, 0.2) is 0 Å². The molecule has 0 aromatic carbocycles. The number of hydrogen-bond donors (Lipinski definition) is 1. The zero-order valence-corrected chi connectivity index (χ0v) is 20.2. The number of piperidine rings is 1. The molecule has 0 unspecified atom stereocenters. The Balaban J connectivity index is 1.47. The number of imide groups is 1. The second-order valence-corrected chi connectivity index (χ2v) is 10.6. The largest absolute Gasteiger partial charge is 0.498 e. The Kier molecular flexibility index (Phi) is 6.86. The number of nitrogens with zero attached hydrogens (tertiary/aromatic N) is 3. The molecule has 2 aliphatic heterocycles. The molecule has 32 heavy (non-hydrogen) atoms. The molecule has 1 N–H and O–H groups in total. The van der Waals surface area contributed by atoms with Gasteiger partial charge in [0.1, 0.15) is 5.60 Å². The minimum absolute atomic E-state index is 0.206. The number of nitrogens with one attached hydrogen (secondary N) is 1. The second kappa shape index (κ2) is 8.98. The van der Waals surface area contributed by atoms with Crippen molar-refractivity contribution in [1.82, 2.24) is 15.3 Å². The highest BCUT2D eigenvalue weighted by molar-refractivity contribution is 6.61. The van der Waals surface area contributed by atoms with Crippen molar-refractivity contribution >= 4 is 30.5 Å². The number of aromatic nitrogens is 2. The van der Waals surface area contributed by atoms with E-state index in [0.717, 1.165) is 31.4 Å². The van der Waals surface area contributed by atoms with E-state index in [4.69, 9.17) is 14.0 Å². The van der Waals surface area contributed by atoms with Gasteiger partial charge in [-0.1, -0.05) is 0 Å². The van der Waals surface area contributed by atoms with Crippen LogP contribution in [-0.4, -0.2) is 59.0 Å². The lowest BCUT2D eigenvalue weighted by Crippen LogP contribution is -2.41. The highest BCUT2D eigenvalue weighted by Crippen LogP contribution is 2.36. The van der Waals surface area contributed by atoms with Crippen LogP contribution in [-0.2, 0) is 18.8 Å². The van der Waals surface area contributed by atoms with E-state index in [9.17, 15) is 9.59 Å². The SMILES string of the molecule is CC(C)(C)OC(=O)NC(=O)CC1CCN(c2ncc(B3OC(C)(C)C(C)(C)O3)cn2)CC1. The molecular weight excluding hydrogens is 411 g/mol. The van der Waals surface area contributed by atoms with Crippen LogP contribution in [0.2, 0.25) is 0 Å². The summed E-state index contributed by atoms with van der Waals surface area (Å²) in [5.41, 5.74) is -0.656. The molecule has 2 aliphatic rings. The molecule has 0 spiro atoms. The third kappa shape index (κ3) is 5.98. The van der Waals surface area contributed by atoms with Gasteiger partial charge in [-0.15, -0.1) is 0 Å². The van der Waals surface area contributed by atoms with E-state index in [1.165, 1.54) is 0 Å². The maximum absolute atomic E-state index is 12.1. The monoisotopic (exact) mass is 446 g/mol. The first-order valence-corrected chi connectivity index (χ1v) is 11.2. The number of ether oxygens (including phenoxy) is 1. The molecule has 0 aliphatic carbocycles. The van der Waals surface area contributed by atoms with Crippen molar-refractivity contribution in [1.29, 1.82) is 0 Å². The molecule has 176 valence electrons. The number of rotatable bonds is 4. The first-order valence-electron chi connectivity index (χ1n) is 11.2. The first-order chi connectivity index (χ1) is 14.8. The van der Waals surface area contributed by atoms with Gasteiger partial charge in [-0.05, 0) is 67.2 Å². The number of carbonyl (C=O) groups is 2. The van der Waals surface area contributed by atoms with Gasteiger partial charge >= 0.3 is 13.2 Å². The Morgan fingerprint density at radius 2 is 1.66 bits per heavy atom. The number of carbonyl (C=O) groups excluding carboxylic acids is 2. The fraction of sp³-hybridized carbons (Fsp3) is 0.727. The molecule has 2 amide bonds. The smallest absolute Gasteiger partial charge is 0.444 e. The van der Waals surface area contributed by atoms with E-state index in [1.807, 2.05) is 27.7 Å². The zero-order chi connectivity index (χ0) is 23.7. The summed E-state index contributed by atoms with van der Waals surface area (Å²) in [6.45, 7) is 14.8. The van der Waals surface area contributed by atoms with Gasteiger partial charge in [0, 0.05) is 37.4 Å². The normalized spacial score (nSPS) is 20.8. The molecule has 1 aromatic heterocycles. The van der Waals surface area contributed by atoms with E-state index in [1.54, 1.807) is 33.2 Å². The topological polar surface area (TPSA) is 103 Å². The fourth-order valence-electron chi connectivity index (χ4n) is 3.66. The van der Waals surface area contributed by atoms with Crippen LogP contribution in [0.4, 0.5) is 10.7 Å². The number of anilines is 1. The van der Waals surface area contributed by atoms with Gasteiger partial charge in [-0.2, -0.15) is 0 Å². The van der Waals surface area contributed by atoms with E-state index >= 15 is 0 Å². The van der Waals surface area contributed by atoms with Gasteiger partial charge in [-0.25, -0.2) is 14.8 Å². The summed E-state index contributed by atoms with van der Waals surface area (Å²) in [4.78, 5) is 35.0.